The molecule has 1 atom stereocenters. The summed E-state index contributed by atoms with van der Waals surface area (Å²) in [6.45, 7) is 0. The Labute approximate surface area is 192 Å². The third-order valence-electron chi connectivity index (χ3n) is 4.55. The van der Waals surface area contributed by atoms with Crippen LogP contribution in [0.15, 0.2) is 89.9 Å². The molecule has 1 unspecified atom stereocenters. The zero-order chi connectivity index (χ0) is 23.6. The number of aromatic nitrogens is 1. The van der Waals surface area contributed by atoms with Gasteiger partial charge in [0.15, 0.2) is 0 Å². The third kappa shape index (κ3) is 4.90. The molecule has 0 aliphatic carbocycles. The number of nitrogens with one attached hydrogen (secondary N) is 2. The second-order valence-corrected chi connectivity index (χ2v) is 8.84. The minimum atomic E-state index is -4.83. The SMILES string of the molecule is O=S(=O)(NN1C(OC(c2ccccn2)C(F)(F)F)=CNc2ccccc21)c1ccccc1Cl. The summed E-state index contributed by atoms with van der Waals surface area (Å²) in [5, 5.41) is 3.67. The van der Waals surface area contributed by atoms with Gasteiger partial charge < -0.3 is 10.1 Å². The van der Waals surface area contributed by atoms with Crippen molar-refractivity contribution in [2.24, 2.45) is 0 Å². The number of ether oxygens (including phenoxy) is 1. The summed E-state index contributed by atoms with van der Waals surface area (Å²) in [6, 6.07) is 16.1. The zero-order valence-corrected chi connectivity index (χ0v) is 18.2. The highest BCUT2D eigenvalue weighted by molar-refractivity contribution is 7.89. The summed E-state index contributed by atoms with van der Waals surface area (Å²) >= 11 is 6.03. The fourth-order valence-corrected chi connectivity index (χ4v) is 4.62. The van der Waals surface area contributed by atoms with E-state index in [-0.39, 0.29) is 15.6 Å². The summed E-state index contributed by atoms with van der Waals surface area (Å²) < 4.78 is 73.0. The van der Waals surface area contributed by atoms with Crippen molar-refractivity contribution in [1.82, 2.24) is 9.82 Å². The maximum absolute atomic E-state index is 13.9. The van der Waals surface area contributed by atoms with E-state index < -0.39 is 33.9 Å². The fourth-order valence-electron chi connectivity index (χ4n) is 3.07. The van der Waals surface area contributed by atoms with Crippen LogP contribution in [0.5, 0.6) is 0 Å². The maximum Gasteiger partial charge on any atom is 0.431 e. The van der Waals surface area contributed by atoms with Gasteiger partial charge in [0, 0.05) is 6.20 Å². The number of rotatable bonds is 6. The van der Waals surface area contributed by atoms with Crippen LogP contribution in [-0.4, -0.2) is 19.6 Å². The highest BCUT2D eigenvalue weighted by atomic mass is 35.5. The van der Waals surface area contributed by atoms with Crippen molar-refractivity contribution >= 4 is 33.0 Å². The Morgan fingerprint density at radius 1 is 1.03 bits per heavy atom. The summed E-state index contributed by atoms with van der Waals surface area (Å²) in [5.41, 5.74) is 0.263. The number of benzene rings is 2. The lowest BCUT2D eigenvalue weighted by molar-refractivity contribution is -0.214. The standard InChI is InChI=1S/C21H16ClF3N4O3S/c22-14-7-1-4-11-18(14)33(30,31)28-29-17-10-3-2-8-15(17)27-13-19(29)32-20(21(23,24)25)16-9-5-6-12-26-16/h1-13,20,27-28H. The number of hydrogen-bond donors (Lipinski definition) is 2. The Hall–Kier alpha value is -3.28. The first-order valence-electron chi connectivity index (χ1n) is 9.44. The molecule has 7 nitrogen and oxygen atoms in total. The molecule has 33 heavy (non-hydrogen) atoms. The lowest BCUT2D eigenvalue weighted by atomic mass is 10.2. The Morgan fingerprint density at radius 2 is 1.73 bits per heavy atom. The number of fused-ring (bicyclic) bond motifs is 1. The largest absolute Gasteiger partial charge is 0.457 e. The van der Waals surface area contributed by atoms with Crippen LogP contribution in [0.4, 0.5) is 24.5 Å². The van der Waals surface area contributed by atoms with Gasteiger partial charge in [0.25, 0.3) is 10.0 Å². The summed E-state index contributed by atoms with van der Waals surface area (Å²) in [7, 11) is -4.30. The molecule has 172 valence electrons. The van der Waals surface area contributed by atoms with Crippen LogP contribution in [0.25, 0.3) is 0 Å². The maximum atomic E-state index is 13.9. The number of alkyl halides is 3. The first-order valence-corrected chi connectivity index (χ1v) is 11.3. The van der Waals surface area contributed by atoms with Crippen LogP contribution < -0.4 is 15.2 Å². The van der Waals surface area contributed by atoms with Gasteiger partial charge in [-0.3, -0.25) is 4.98 Å². The number of nitrogens with zero attached hydrogens (tertiary/aromatic N) is 2. The van der Waals surface area contributed by atoms with Crippen LogP contribution in [0.2, 0.25) is 5.02 Å². The molecule has 1 aliphatic heterocycles. The van der Waals surface area contributed by atoms with Crippen molar-refractivity contribution in [2.45, 2.75) is 17.2 Å². The number of sulfonamides is 1. The zero-order valence-electron chi connectivity index (χ0n) is 16.6. The van der Waals surface area contributed by atoms with E-state index in [9.17, 15) is 21.6 Å². The number of anilines is 2. The number of pyridine rings is 1. The molecule has 1 aromatic heterocycles. The van der Waals surface area contributed by atoms with Crippen LogP contribution >= 0.6 is 11.6 Å². The highest BCUT2D eigenvalue weighted by Crippen LogP contribution is 2.40. The smallest absolute Gasteiger partial charge is 0.431 e. The van der Waals surface area contributed by atoms with Crippen molar-refractivity contribution in [2.75, 3.05) is 10.3 Å². The van der Waals surface area contributed by atoms with Gasteiger partial charge in [-0.15, -0.1) is 4.83 Å². The lowest BCUT2D eigenvalue weighted by Gasteiger charge is -2.34. The monoisotopic (exact) mass is 496 g/mol. The van der Waals surface area contributed by atoms with E-state index in [1.54, 1.807) is 24.3 Å². The Bertz CT molecular complexity index is 1290. The summed E-state index contributed by atoms with van der Waals surface area (Å²) in [5.74, 6) is -0.447. The molecule has 2 heterocycles. The van der Waals surface area contributed by atoms with Crippen LogP contribution in [0.3, 0.4) is 0 Å². The van der Waals surface area contributed by atoms with Crippen molar-refractivity contribution in [3.05, 3.63) is 95.7 Å². The van der Waals surface area contributed by atoms with Crippen molar-refractivity contribution in [3.63, 3.8) is 0 Å². The second-order valence-electron chi connectivity index (χ2n) is 6.80. The average molecular weight is 497 g/mol. The Balaban J connectivity index is 1.74. The first kappa shape index (κ1) is 22.9. The molecule has 2 N–H and O–H groups in total. The predicted molar refractivity (Wildman–Crippen MR) is 117 cm³/mol. The van der Waals surface area contributed by atoms with Crippen molar-refractivity contribution in [1.29, 1.82) is 0 Å². The molecular formula is C21H16ClF3N4O3S. The van der Waals surface area contributed by atoms with Gasteiger partial charge in [-0.2, -0.15) is 13.2 Å². The molecule has 0 saturated carbocycles. The molecule has 0 spiro atoms. The molecule has 4 rings (SSSR count). The Kier molecular flexibility index (Phi) is 6.19. The lowest BCUT2D eigenvalue weighted by Crippen LogP contribution is -2.45. The quantitative estimate of drug-likeness (QED) is 0.501. The van der Waals surface area contributed by atoms with Gasteiger partial charge in [-0.25, -0.2) is 13.4 Å². The van der Waals surface area contributed by atoms with Gasteiger partial charge in [0.05, 0.1) is 28.3 Å². The van der Waals surface area contributed by atoms with Gasteiger partial charge in [-0.1, -0.05) is 41.9 Å². The molecule has 0 saturated heterocycles. The number of hydrogen-bond acceptors (Lipinski definition) is 6. The third-order valence-corrected chi connectivity index (χ3v) is 6.35. The van der Waals surface area contributed by atoms with E-state index >= 15 is 0 Å². The van der Waals surface area contributed by atoms with E-state index in [1.165, 1.54) is 48.7 Å². The van der Waals surface area contributed by atoms with E-state index in [0.29, 0.717) is 5.69 Å². The molecular weight excluding hydrogens is 481 g/mol. The van der Waals surface area contributed by atoms with Crippen molar-refractivity contribution in [3.8, 4) is 0 Å². The van der Waals surface area contributed by atoms with Crippen LogP contribution in [0, 0.1) is 0 Å². The number of halogens is 4. The molecule has 0 radical (unpaired) electrons. The number of hydrazine groups is 1. The summed E-state index contributed by atoms with van der Waals surface area (Å²) in [4.78, 5) is 5.76. The van der Waals surface area contributed by atoms with Gasteiger partial charge in [0.2, 0.25) is 12.0 Å². The second kappa shape index (κ2) is 8.93. The minimum absolute atomic E-state index is 0.0541. The highest BCUT2D eigenvalue weighted by Gasteiger charge is 2.45. The molecule has 2 aromatic carbocycles. The molecule has 0 bridgehead atoms. The topological polar surface area (TPSA) is 83.6 Å². The molecule has 0 fully saturated rings. The number of para-hydroxylation sites is 2. The van der Waals surface area contributed by atoms with E-state index in [1.807, 2.05) is 0 Å². The van der Waals surface area contributed by atoms with Gasteiger partial charge in [0.1, 0.15) is 4.90 Å². The average Bonchev–Trinajstić information content (AvgIpc) is 2.78. The Morgan fingerprint density at radius 3 is 2.42 bits per heavy atom. The van der Waals surface area contributed by atoms with E-state index in [0.717, 1.165) is 11.2 Å². The first-order chi connectivity index (χ1) is 15.7. The van der Waals surface area contributed by atoms with Crippen LogP contribution in [-0.2, 0) is 14.8 Å². The molecule has 12 heteroatoms. The van der Waals surface area contributed by atoms with Gasteiger partial charge >= 0.3 is 6.18 Å². The van der Waals surface area contributed by atoms with E-state index in [2.05, 4.69) is 15.1 Å². The fraction of sp³-hybridized carbons (Fsp3) is 0.0952. The van der Waals surface area contributed by atoms with Crippen LogP contribution in [0.1, 0.15) is 11.8 Å². The van der Waals surface area contributed by atoms with Crippen molar-refractivity contribution < 1.29 is 26.3 Å². The molecule has 0 amide bonds. The van der Waals surface area contributed by atoms with Gasteiger partial charge in [-0.05, 0) is 36.4 Å². The van der Waals surface area contributed by atoms with E-state index in [4.69, 9.17) is 16.3 Å². The molecule has 1 aliphatic rings. The predicted octanol–water partition coefficient (Wildman–Crippen LogP) is 4.98. The minimum Gasteiger partial charge on any atom is -0.457 e. The molecule has 3 aromatic rings. The summed E-state index contributed by atoms with van der Waals surface area (Å²) in [6.07, 6.45) is -4.96. The normalized spacial score (nSPS) is 14.7.